The molecule has 12 heteroatoms. The van der Waals surface area contributed by atoms with Crippen LogP contribution >= 0.6 is 0 Å². The van der Waals surface area contributed by atoms with Crippen LogP contribution in [0.5, 0.6) is 0 Å². The third-order valence-corrected chi connectivity index (χ3v) is 1.92. The molecule has 0 aromatic carbocycles. The summed E-state index contributed by atoms with van der Waals surface area (Å²) >= 11 is 0. The van der Waals surface area contributed by atoms with Crippen LogP contribution in [0.2, 0.25) is 0 Å². The van der Waals surface area contributed by atoms with Crippen LogP contribution in [-0.2, 0) is 10.1 Å². The summed E-state index contributed by atoms with van der Waals surface area (Å²) in [6.07, 6.45) is -6.83. The molecule has 0 bridgehead atoms. The van der Waals surface area contributed by atoms with Crippen molar-refractivity contribution in [2.45, 2.75) is 17.4 Å². The zero-order valence-corrected chi connectivity index (χ0v) is 12.5. The molecule has 3 nitrogen and oxygen atoms in total. The summed E-state index contributed by atoms with van der Waals surface area (Å²) in [5.74, 6) is -6.92. The van der Waals surface area contributed by atoms with Gasteiger partial charge in [0.2, 0.25) is 0 Å². The summed E-state index contributed by atoms with van der Waals surface area (Å²) < 4.78 is 109. The molecule has 0 aromatic heterocycles. The van der Waals surface area contributed by atoms with Gasteiger partial charge in [-0.3, -0.25) is 0 Å². The molecular formula is C3F7O3RbS. The number of alkyl halides is 7. The van der Waals surface area contributed by atoms with E-state index < -0.39 is 27.5 Å². The Labute approximate surface area is 128 Å². The zero-order chi connectivity index (χ0) is 12.0. The predicted octanol–water partition coefficient (Wildman–Crippen LogP) is -1.67. The van der Waals surface area contributed by atoms with Crippen molar-refractivity contribution in [1.82, 2.24) is 0 Å². The standard InChI is InChI=1S/C3HF7O3S.Rb/c4-1(5,2(6,7)8)3(9,10)14(11,12)13;/h(H,11,12,13);/q;+1/p-1. The molecule has 0 heterocycles. The number of hydrogen-bond acceptors (Lipinski definition) is 3. The molecular weight excluding hydrogens is 335 g/mol. The van der Waals surface area contributed by atoms with Crippen molar-refractivity contribution in [3.8, 4) is 0 Å². The molecule has 0 spiro atoms. The zero-order valence-electron chi connectivity index (χ0n) is 6.78. The van der Waals surface area contributed by atoms with Crippen molar-refractivity contribution in [2.75, 3.05) is 0 Å². The van der Waals surface area contributed by atoms with E-state index in [1.807, 2.05) is 0 Å². The van der Waals surface area contributed by atoms with Crippen LogP contribution < -0.4 is 58.2 Å². The molecule has 0 saturated heterocycles. The Kier molecular flexibility index (Phi) is 6.00. The molecule has 0 aliphatic rings. The molecule has 0 atom stereocenters. The van der Waals surface area contributed by atoms with Gasteiger partial charge >= 0.3 is 75.5 Å². The minimum atomic E-state index is -7.10. The van der Waals surface area contributed by atoms with Crippen molar-refractivity contribution in [2.24, 2.45) is 0 Å². The van der Waals surface area contributed by atoms with Gasteiger partial charge in [0.1, 0.15) is 0 Å². The van der Waals surface area contributed by atoms with E-state index in [4.69, 9.17) is 0 Å². The van der Waals surface area contributed by atoms with Crippen LogP contribution in [0.1, 0.15) is 0 Å². The Morgan fingerprint density at radius 2 is 1.13 bits per heavy atom. The molecule has 0 aromatic rings. The Bertz CT molecular complexity index is 319. The van der Waals surface area contributed by atoms with E-state index in [9.17, 15) is 43.7 Å². The Hall–Kier alpha value is 1.23. The predicted molar refractivity (Wildman–Crippen MR) is 25.6 cm³/mol. The third-order valence-electron chi connectivity index (χ3n) is 1.04. The normalized spacial score (nSPS) is 14.7. The summed E-state index contributed by atoms with van der Waals surface area (Å²) in [7, 11) is -7.10. The first kappa shape index (κ1) is 18.6. The second-order valence-corrected chi connectivity index (χ2v) is 3.46. The van der Waals surface area contributed by atoms with Gasteiger partial charge in [0.25, 0.3) is 0 Å². The Morgan fingerprint density at radius 3 is 1.20 bits per heavy atom. The molecule has 0 fully saturated rings. The molecule has 0 amide bonds. The molecule has 0 radical (unpaired) electrons. The van der Waals surface area contributed by atoms with E-state index in [1.165, 1.54) is 0 Å². The number of halogens is 7. The summed E-state index contributed by atoms with van der Waals surface area (Å²) in [5, 5.41) is -6.72. The fourth-order valence-corrected chi connectivity index (χ4v) is 0.752. The maximum absolute atomic E-state index is 11.8. The fourth-order valence-electron chi connectivity index (χ4n) is 0.322. The minimum Gasteiger partial charge on any atom is -0.743 e. The van der Waals surface area contributed by atoms with Gasteiger partial charge in [-0.2, -0.15) is 30.7 Å². The maximum atomic E-state index is 11.8. The van der Waals surface area contributed by atoms with Crippen LogP contribution in [-0.4, -0.2) is 30.3 Å². The summed E-state index contributed by atoms with van der Waals surface area (Å²) in [4.78, 5) is 0. The molecule has 15 heavy (non-hydrogen) atoms. The van der Waals surface area contributed by atoms with Crippen molar-refractivity contribution >= 4 is 10.1 Å². The Balaban J connectivity index is 0. The van der Waals surface area contributed by atoms with Gasteiger partial charge in [0.05, 0.1) is 0 Å². The first-order chi connectivity index (χ1) is 5.75. The summed E-state index contributed by atoms with van der Waals surface area (Å²) in [5.41, 5.74) is 0. The third kappa shape index (κ3) is 3.34. The minimum absolute atomic E-state index is 0. The fraction of sp³-hybridized carbons (Fsp3) is 1.00. The van der Waals surface area contributed by atoms with Crippen LogP contribution in [0.4, 0.5) is 30.7 Å². The van der Waals surface area contributed by atoms with Gasteiger partial charge < -0.3 is 4.55 Å². The second-order valence-electron chi connectivity index (χ2n) is 2.04. The second kappa shape index (κ2) is 4.84. The monoisotopic (exact) mass is 334 g/mol. The first-order valence-electron chi connectivity index (χ1n) is 2.53. The molecule has 0 saturated carbocycles. The van der Waals surface area contributed by atoms with Gasteiger partial charge in [-0.25, -0.2) is 8.42 Å². The van der Waals surface area contributed by atoms with Crippen LogP contribution in [0.25, 0.3) is 0 Å². The van der Waals surface area contributed by atoms with Crippen LogP contribution in [0.15, 0.2) is 0 Å². The molecule has 0 aliphatic heterocycles. The van der Waals surface area contributed by atoms with Gasteiger partial charge in [-0.15, -0.1) is 0 Å². The quantitative estimate of drug-likeness (QED) is 0.448. The van der Waals surface area contributed by atoms with Crippen LogP contribution in [0, 0.1) is 0 Å². The topological polar surface area (TPSA) is 57.2 Å². The average Bonchev–Trinajstić information content (AvgIpc) is 1.81. The van der Waals surface area contributed by atoms with Crippen molar-refractivity contribution in [3.63, 3.8) is 0 Å². The van der Waals surface area contributed by atoms with Gasteiger partial charge in [-0.1, -0.05) is 0 Å². The van der Waals surface area contributed by atoms with E-state index >= 15 is 0 Å². The Morgan fingerprint density at radius 1 is 0.867 bits per heavy atom. The summed E-state index contributed by atoms with van der Waals surface area (Å²) in [6, 6.07) is 0. The largest absolute Gasteiger partial charge is 1.00 e. The molecule has 0 rings (SSSR count). The van der Waals surface area contributed by atoms with E-state index in [-0.39, 0.29) is 58.2 Å². The first-order valence-corrected chi connectivity index (χ1v) is 3.94. The van der Waals surface area contributed by atoms with Crippen molar-refractivity contribution in [3.05, 3.63) is 0 Å². The molecule has 0 unspecified atom stereocenters. The average molecular weight is 335 g/mol. The number of hydrogen-bond donors (Lipinski definition) is 0. The van der Waals surface area contributed by atoms with Crippen molar-refractivity contribution in [1.29, 1.82) is 0 Å². The van der Waals surface area contributed by atoms with Crippen LogP contribution in [0.3, 0.4) is 0 Å². The van der Waals surface area contributed by atoms with Crippen molar-refractivity contribution < 1.29 is 102 Å². The van der Waals surface area contributed by atoms with Gasteiger partial charge in [-0.05, 0) is 0 Å². The van der Waals surface area contributed by atoms with E-state index in [0.29, 0.717) is 0 Å². The van der Waals surface area contributed by atoms with E-state index in [1.54, 1.807) is 0 Å². The SMILES string of the molecule is O=S(=O)([O-])C(F)(F)C(F)(F)C(F)(F)F.[Rb+]. The van der Waals surface area contributed by atoms with E-state index in [2.05, 4.69) is 0 Å². The molecule has 0 aliphatic carbocycles. The summed E-state index contributed by atoms with van der Waals surface area (Å²) in [6.45, 7) is 0. The van der Waals surface area contributed by atoms with Gasteiger partial charge in [0, 0.05) is 0 Å². The molecule has 0 N–H and O–H groups in total. The smallest absolute Gasteiger partial charge is 0.743 e. The molecule has 86 valence electrons. The van der Waals surface area contributed by atoms with E-state index in [0.717, 1.165) is 0 Å². The number of rotatable bonds is 2. The maximum Gasteiger partial charge on any atom is 1.00 e. The van der Waals surface area contributed by atoms with Gasteiger partial charge in [0.15, 0.2) is 10.1 Å².